The van der Waals surface area contributed by atoms with Gasteiger partial charge in [0.2, 0.25) is 0 Å². The smallest absolute Gasteiger partial charge is 0.187 e. The van der Waals surface area contributed by atoms with E-state index in [4.69, 9.17) is 37.9 Å². The molecule has 4 aliphatic carbocycles. The Bertz CT molecular complexity index is 2030. The van der Waals surface area contributed by atoms with Crippen molar-refractivity contribution in [1.29, 1.82) is 0 Å². The van der Waals surface area contributed by atoms with E-state index in [2.05, 4.69) is 26.8 Å². The van der Waals surface area contributed by atoms with E-state index in [1.54, 1.807) is 0 Å². The summed E-state index contributed by atoms with van der Waals surface area (Å²) in [6.45, 7) is 13.8. The van der Waals surface area contributed by atoms with Crippen LogP contribution in [0.4, 0.5) is 0 Å². The predicted octanol–water partition coefficient (Wildman–Crippen LogP) is -3.23. The molecule has 4 saturated heterocycles. The fourth-order valence-corrected chi connectivity index (χ4v) is 16.4. The number of hydrogen-bond acceptors (Lipinski definition) is 24. The summed E-state index contributed by atoms with van der Waals surface area (Å²) in [4.78, 5) is 0. The molecule has 78 heavy (non-hydrogen) atoms. The van der Waals surface area contributed by atoms with Crippen molar-refractivity contribution >= 4 is 0 Å². The lowest BCUT2D eigenvalue weighted by Gasteiger charge is -2.71. The fourth-order valence-electron chi connectivity index (χ4n) is 16.4. The Hall–Kier alpha value is -1.22. The van der Waals surface area contributed by atoms with Crippen LogP contribution in [0.2, 0.25) is 0 Å². The van der Waals surface area contributed by atoms with Crippen LogP contribution >= 0.6 is 0 Å². The highest BCUT2D eigenvalue weighted by molar-refractivity contribution is 5.21. The Morgan fingerprint density at radius 3 is 1.63 bits per heavy atom. The van der Waals surface area contributed by atoms with Crippen molar-refractivity contribution in [3.63, 3.8) is 0 Å². The Labute approximate surface area is 455 Å². The minimum Gasteiger partial charge on any atom is -0.394 e. The van der Waals surface area contributed by atoms with E-state index in [9.17, 15) is 81.7 Å². The third-order valence-electron chi connectivity index (χ3n) is 20.8. The molecule has 24 heteroatoms. The quantitative estimate of drug-likeness (QED) is 0.0534. The van der Waals surface area contributed by atoms with Crippen LogP contribution in [0.5, 0.6) is 0 Å². The second kappa shape index (κ2) is 23.7. The molecule has 0 aromatic carbocycles. The average molecular weight is 1130 g/mol. The molecule has 24 nitrogen and oxygen atoms in total. The lowest BCUT2D eigenvalue weighted by molar-refractivity contribution is -0.383. The fraction of sp³-hybridized carbons (Fsp3) is 0.963. The van der Waals surface area contributed by atoms with Crippen LogP contribution < -0.4 is 0 Å². The summed E-state index contributed by atoms with van der Waals surface area (Å²) in [5.74, 6) is -0.952. The predicted molar refractivity (Wildman–Crippen MR) is 268 cm³/mol. The third-order valence-corrected chi connectivity index (χ3v) is 20.8. The van der Waals surface area contributed by atoms with Gasteiger partial charge < -0.3 is 120 Å². The monoisotopic (exact) mass is 1120 g/mol. The summed E-state index contributed by atoms with van der Waals surface area (Å²) in [5, 5.41) is 174. The zero-order valence-corrected chi connectivity index (χ0v) is 46.1. The average Bonchev–Trinajstić information content (AvgIpc) is 3.56. The number of fused-ring (bicyclic) bond motifs is 5. The molecule has 0 spiro atoms. The maximum Gasteiger partial charge on any atom is 0.187 e. The van der Waals surface area contributed by atoms with Crippen molar-refractivity contribution < 1.29 is 120 Å². The first-order valence-corrected chi connectivity index (χ1v) is 28.0. The van der Waals surface area contributed by atoms with Gasteiger partial charge in [-0.25, -0.2) is 0 Å². The molecule has 0 aromatic heterocycles. The van der Waals surface area contributed by atoms with E-state index in [-0.39, 0.29) is 30.1 Å². The first kappa shape index (κ1) is 62.8. The molecule has 31 unspecified atom stereocenters. The molecule has 31 atom stereocenters. The molecule has 4 heterocycles. The highest BCUT2D eigenvalue weighted by Crippen LogP contribution is 2.76. The summed E-state index contributed by atoms with van der Waals surface area (Å²) in [7, 11) is 0. The van der Waals surface area contributed by atoms with Crippen molar-refractivity contribution in [1.82, 2.24) is 0 Å². The highest BCUT2D eigenvalue weighted by Gasteiger charge is 2.73. The SMILES string of the molecule is CC(C)=CCCC(C)(OC1OC(COC2OC(CO)C(O)C(O)C2O)C(O)C(O)C1O)C1CCC2(C)C1C(O)CC1C3(C)CC(O)C(OC4OC(CO)C(O)C(O)C4OC4OC(CO)C(O)C(O)C4O)C(C)(C)C3CCC12C. The molecule has 0 amide bonds. The molecule has 8 rings (SSSR count). The van der Waals surface area contributed by atoms with E-state index in [1.807, 2.05) is 34.6 Å². The molecule has 0 bridgehead atoms. The number of aliphatic hydroxyl groups is 16. The number of allylic oxidation sites excluding steroid dienone is 2. The van der Waals surface area contributed by atoms with Gasteiger partial charge in [-0.1, -0.05) is 46.3 Å². The first-order valence-electron chi connectivity index (χ1n) is 28.0. The molecule has 8 aliphatic rings. The third kappa shape index (κ3) is 10.8. The molecule has 452 valence electrons. The van der Waals surface area contributed by atoms with Gasteiger partial charge in [-0.3, -0.25) is 0 Å². The van der Waals surface area contributed by atoms with E-state index in [0.717, 1.165) is 12.0 Å². The van der Waals surface area contributed by atoms with Crippen LogP contribution in [-0.4, -0.2) is 255 Å². The van der Waals surface area contributed by atoms with Crippen molar-refractivity contribution in [3.05, 3.63) is 11.6 Å². The minimum absolute atomic E-state index is 0.138. The van der Waals surface area contributed by atoms with Crippen molar-refractivity contribution in [2.75, 3.05) is 26.4 Å². The van der Waals surface area contributed by atoms with Crippen LogP contribution in [0.25, 0.3) is 0 Å². The standard InChI is InChI=1S/C54H92O24/c1-22(2)10-9-13-54(8,78-48-43(70)39(66)36(63)29(75-48)21-71-46-41(68)37(64)33(60)26(18-55)72-46)23-11-14-53(7)32(23)24(58)16-31-51(5)17-25(59)45(50(3,4)30(51)12-15-52(31,53)6)77-49-44(40(67)35(62)28(20-57)74-49)76-47-42(69)38(65)34(61)27(19-56)73-47/h10,23-49,55-70H,9,11-21H2,1-8H3. The second-order valence-corrected chi connectivity index (χ2v) is 25.9. The van der Waals surface area contributed by atoms with Gasteiger partial charge in [0.05, 0.1) is 50.3 Å². The molecule has 4 saturated carbocycles. The summed E-state index contributed by atoms with van der Waals surface area (Å²) < 4.78 is 48.6. The van der Waals surface area contributed by atoms with Gasteiger partial charge in [-0.15, -0.1) is 0 Å². The zero-order chi connectivity index (χ0) is 57.5. The number of ether oxygens (including phenoxy) is 8. The Morgan fingerprint density at radius 2 is 1.05 bits per heavy atom. The van der Waals surface area contributed by atoms with Crippen molar-refractivity contribution in [2.24, 2.45) is 45.3 Å². The molecule has 0 aromatic rings. The lowest BCUT2D eigenvalue weighted by atomic mass is 9.35. The zero-order valence-electron chi connectivity index (χ0n) is 46.1. The molecular formula is C54H92O24. The van der Waals surface area contributed by atoms with Crippen LogP contribution in [0.15, 0.2) is 11.6 Å². The normalized spacial score (nSPS) is 53.1. The minimum atomic E-state index is -1.87. The van der Waals surface area contributed by atoms with Gasteiger partial charge >= 0.3 is 0 Å². The van der Waals surface area contributed by atoms with E-state index >= 15 is 0 Å². The maximum atomic E-state index is 12.8. The number of aliphatic hydroxyl groups excluding tert-OH is 16. The van der Waals surface area contributed by atoms with Crippen molar-refractivity contribution in [3.8, 4) is 0 Å². The van der Waals surface area contributed by atoms with Gasteiger partial charge in [-0.2, -0.15) is 0 Å². The maximum absolute atomic E-state index is 12.8. The Kier molecular flexibility index (Phi) is 19.1. The molecule has 4 aliphatic heterocycles. The van der Waals surface area contributed by atoms with Gasteiger partial charge in [0.25, 0.3) is 0 Å². The van der Waals surface area contributed by atoms with Crippen LogP contribution in [0.1, 0.15) is 107 Å². The molecule has 0 radical (unpaired) electrons. The van der Waals surface area contributed by atoms with Gasteiger partial charge in [0, 0.05) is 0 Å². The van der Waals surface area contributed by atoms with Gasteiger partial charge in [0.1, 0.15) is 97.7 Å². The Balaban J connectivity index is 1.02. The molecule has 8 fully saturated rings. The second-order valence-electron chi connectivity index (χ2n) is 25.9. The largest absolute Gasteiger partial charge is 0.394 e. The summed E-state index contributed by atoms with van der Waals surface area (Å²) in [6, 6.07) is 0. The Morgan fingerprint density at radius 1 is 0.551 bits per heavy atom. The topological polar surface area (TPSA) is 398 Å². The number of rotatable bonds is 16. The summed E-state index contributed by atoms with van der Waals surface area (Å²) in [5.41, 5.74) is -2.43. The van der Waals surface area contributed by atoms with Crippen LogP contribution in [0.3, 0.4) is 0 Å². The summed E-state index contributed by atoms with van der Waals surface area (Å²) in [6.07, 6.45) is -29.4. The van der Waals surface area contributed by atoms with Gasteiger partial charge in [0.15, 0.2) is 25.2 Å². The van der Waals surface area contributed by atoms with Crippen LogP contribution in [-0.2, 0) is 37.9 Å². The van der Waals surface area contributed by atoms with Crippen molar-refractivity contribution in [2.45, 2.75) is 253 Å². The molecule has 16 N–H and O–H groups in total. The molecular weight excluding hydrogens is 1030 g/mol. The van der Waals surface area contributed by atoms with Crippen LogP contribution in [0, 0.1) is 45.3 Å². The first-order chi connectivity index (χ1) is 36.5. The van der Waals surface area contributed by atoms with E-state index in [1.165, 1.54) is 0 Å². The highest BCUT2D eigenvalue weighted by atomic mass is 16.8. The number of hydrogen-bond donors (Lipinski definition) is 16. The van der Waals surface area contributed by atoms with E-state index in [0.29, 0.717) is 38.5 Å². The van der Waals surface area contributed by atoms with E-state index < -0.39 is 195 Å². The summed E-state index contributed by atoms with van der Waals surface area (Å²) >= 11 is 0. The van der Waals surface area contributed by atoms with Gasteiger partial charge in [-0.05, 0) is 117 Å². The lowest BCUT2D eigenvalue weighted by Crippen LogP contribution is -2.70.